The van der Waals surface area contributed by atoms with Crippen molar-refractivity contribution in [2.24, 2.45) is 5.41 Å². The first-order chi connectivity index (χ1) is 4.87. The molecule has 0 saturated carbocycles. The van der Waals surface area contributed by atoms with Crippen LogP contribution in [0.1, 0.15) is 6.42 Å². The maximum absolute atomic E-state index is 10.4. The number of nitrogens with one attached hydrogen (secondary N) is 1. The van der Waals surface area contributed by atoms with Crippen LogP contribution >= 0.6 is 0 Å². The van der Waals surface area contributed by atoms with E-state index in [9.17, 15) is 4.79 Å². The molecule has 1 spiro atoms. The van der Waals surface area contributed by atoms with Gasteiger partial charge in [-0.1, -0.05) is 0 Å². The van der Waals surface area contributed by atoms with E-state index in [0.717, 1.165) is 32.4 Å². The first-order valence-electron chi connectivity index (χ1n) is 3.65. The van der Waals surface area contributed by atoms with Gasteiger partial charge in [0, 0.05) is 12.0 Å². The zero-order valence-electron chi connectivity index (χ0n) is 5.80. The van der Waals surface area contributed by atoms with Gasteiger partial charge >= 0.3 is 0 Å². The number of aldehydes is 1. The molecule has 2 rings (SSSR count). The van der Waals surface area contributed by atoms with Crippen molar-refractivity contribution in [1.82, 2.24) is 5.32 Å². The monoisotopic (exact) mass is 141 g/mol. The molecule has 0 radical (unpaired) electrons. The lowest BCUT2D eigenvalue weighted by atomic mass is 9.78. The molecule has 2 aliphatic rings. The molecule has 0 amide bonds. The first kappa shape index (κ1) is 6.31. The minimum Gasteiger partial charge on any atom is -0.369 e. The van der Waals surface area contributed by atoms with Crippen molar-refractivity contribution in [1.29, 1.82) is 0 Å². The Morgan fingerprint density at radius 2 is 2.60 bits per heavy atom. The summed E-state index contributed by atoms with van der Waals surface area (Å²) >= 11 is 0. The van der Waals surface area contributed by atoms with E-state index >= 15 is 0 Å². The van der Waals surface area contributed by atoms with Gasteiger partial charge in [0.25, 0.3) is 0 Å². The molecule has 2 aliphatic heterocycles. The van der Waals surface area contributed by atoms with E-state index in [-0.39, 0.29) is 11.5 Å². The third kappa shape index (κ3) is 0.646. The van der Waals surface area contributed by atoms with Gasteiger partial charge in [-0.15, -0.1) is 0 Å². The third-order valence-electron chi connectivity index (χ3n) is 2.55. The lowest BCUT2D eigenvalue weighted by Crippen LogP contribution is -2.54. The Bertz CT molecular complexity index is 152. The minimum absolute atomic E-state index is 0.123. The van der Waals surface area contributed by atoms with E-state index < -0.39 is 0 Å². The summed E-state index contributed by atoms with van der Waals surface area (Å²) in [6.07, 6.45) is 1.90. The molecule has 0 aliphatic carbocycles. The van der Waals surface area contributed by atoms with Gasteiger partial charge in [0.05, 0.1) is 6.61 Å². The van der Waals surface area contributed by atoms with Crippen molar-refractivity contribution in [3.8, 4) is 0 Å². The van der Waals surface area contributed by atoms with E-state index in [2.05, 4.69) is 5.32 Å². The van der Waals surface area contributed by atoms with E-state index in [1.165, 1.54) is 0 Å². The topological polar surface area (TPSA) is 38.3 Å². The van der Waals surface area contributed by atoms with Gasteiger partial charge in [0.2, 0.25) is 0 Å². The quantitative estimate of drug-likeness (QED) is 0.503. The Morgan fingerprint density at radius 3 is 3.00 bits per heavy atom. The maximum atomic E-state index is 10.4. The van der Waals surface area contributed by atoms with Gasteiger partial charge in [-0.2, -0.15) is 0 Å². The van der Waals surface area contributed by atoms with Crippen molar-refractivity contribution < 1.29 is 9.53 Å². The highest BCUT2D eigenvalue weighted by Crippen LogP contribution is 2.38. The second-order valence-corrected chi connectivity index (χ2v) is 3.16. The number of hydrogen-bond acceptors (Lipinski definition) is 3. The van der Waals surface area contributed by atoms with Crippen molar-refractivity contribution in [3.63, 3.8) is 0 Å². The van der Waals surface area contributed by atoms with Gasteiger partial charge in [-0.25, -0.2) is 0 Å². The lowest BCUT2D eigenvalue weighted by molar-refractivity contribution is -0.176. The predicted octanol–water partition coefficient (Wildman–Crippen LogP) is -0.436. The molecular formula is C7H11NO2. The fourth-order valence-electron chi connectivity index (χ4n) is 1.73. The smallest absolute Gasteiger partial charge is 0.149 e. The molecule has 10 heavy (non-hydrogen) atoms. The summed E-state index contributed by atoms with van der Waals surface area (Å²) < 4.78 is 5.11. The minimum atomic E-state index is -0.123. The molecule has 0 aromatic carbocycles. The summed E-state index contributed by atoms with van der Waals surface area (Å²) in [5.74, 6) is 0. The molecule has 3 heteroatoms. The molecule has 2 unspecified atom stereocenters. The van der Waals surface area contributed by atoms with Crippen LogP contribution in [0.3, 0.4) is 0 Å². The summed E-state index contributed by atoms with van der Waals surface area (Å²) in [4.78, 5) is 10.4. The molecule has 56 valence electrons. The highest BCUT2D eigenvalue weighted by atomic mass is 16.5. The van der Waals surface area contributed by atoms with Gasteiger partial charge in [-0.05, 0) is 13.0 Å². The van der Waals surface area contributed by atoms with Gasteiger partial charge in [0.15, 0.2) is 0 Å². The Morgan fingerprint density at radius 1 is 1.70 bits per heavy atom. The fourth-order valence-corrected chi connectivity index (χ4v) is 1.73. The third-order valence-corrected chi connectivity index (χ3v) is 2.55. The van der Waals surface area contributed by atoms with Crippen LogP contribution in [0.2, 0.25) is 0 Å². The summed E-state index contributed by atoms with van der Waals surface area (Å²) in [6.45, 7) is 2.76. The van der Waals surface area contributed by atoms with Gasteiger partial charge in [0.1, 0.15) is 12.4 Å². The predicted molar refractivity (Wildman–Crippen MR) is 35.7 cm³/mol. The number of carbonyl (C=O) groups is 1. The van der Waals surface area contributed by atoms with Crippen LogP contribution in [-0.2, 0) is 9.53 Å². The molecule has 1 N–H and O–H groups in total. The number of ether oxygens (including phenoxy) is 1. The van der Waals surface area contributed by atoms with Crippen LogP contribution in [0.15, 0.2) is 0 Å². The Hall–Kier alpha value is -0.410. The summed E-state index contributed by atoms with van der Waals surface area (Å²) in [5.41, 5.74) is 0.182. The first-order valence-corrected chi connectivity index (χ1v) is 3.65. The van der Waals surface area contributed by atoms with Crippen LogP contribution in [0.5, 0.6) is 0 Å². The van der Waals surface area contributed by atoms with Crippen molar-refractivity contribution in [2.75, 3.05) is 19.7 Å². The average molecular weight is 141 g/mol. The van der Waals surface area contributed by atoms with Crippen LogP contribution in [0, 0.1) is 5.41 Å². The molecule has 3 nitrogen and oxygen atoms in total. The van der Waals surface area contributed by atoms with Crippen molar-refractivity contribution >= 4 is 6.29 Å². The lowest BCUT2D eigenvalue weighted by Gasteiger charge is -2.43. The molecule has 0 aromatic heterocycles. The van der Waals surface area contributed by atoms with Crippen LogP contribution < -0.4 is 5.32 Å². The van der Waals surface area contributed by atoms with Crippen LogP contribution in [-0.4, -0.2) is 32.1 Å². The largest absolute Gasteiger partial charge is 0.369 e. The van der Waals surface area contributed by atoms with E-state index in [0.29, 0.717) is 0 Å². The highest BCUT2D eigenvalue weighted by Gasteiger charge is 2.49. The Kier molecular flexibility index (Phi) is 1.28. The van der Waals surface area contributed by atoms with Crippen molar-refractivity contribution in [2.45, 2.75) is 12.5 Å². The fraction of sp³-hybridized carbons (Fsp3) is 0.857. The number of carbonyl (C=O) groups excluding carboxylic acids is 1. The highest BCUT2D eigenvalue weighted by molar-refractivity contribution is 5.59. The second-order valence-electron chi connectivity index (χ2n) is 3.16. The molecule has 2 heterocycles. The standard InChI is InChI=1S/C7H11NO2/c9-3-6-7(5-10-6)1-2-8-4-7/h3,6,8H,1-2,4-5H2. The summed E-state index contributed by atoms with van der Waals surface area (Å²) in [5, 5.41) is 3.24. The molecule has 2 atom stereocenters. The molecule has 2 fully saturated rings. The molecule has 0 aromatic rings. The van der Waals surface area contributed by atoms with Crippen molar-refractivity contribution in [3.05, 3.63) is 0 Å². The Balaban J connectivity index is 2.07. The molecule has 0 bridgehead atoms. The number of hydrogen-bond donors (Lipinski definition) is 1. The van der Waals surface area contributed by atoms with Gasteiger partial charge in [-0.3, -0.25) is 0 Å². The van der Waals surface area contributed by atoms with E-state index in [1.54, 1.807) is 0 Å². The number of rotatable bonds is 1. The summed E-state index contributed by atoms with van der Waals surface area (Å²) in [7, 11) is 0. The van der Waals surface area contributed by atoms with Gasteiger partial charge < -0.3 is 14.8 Å². The molecular weight excluding hydrogens is 130 g/mol. The zero-order chi connectivity index (χ0) is 7.03. The average Bonchev–Trinajstić information content (AvgIpc) is 2.35. The van der Waals surface area contributed by atoms with E-state index in [1.807, 2.05) is 0 Å². The normalized spacial score (nSPS) is 45.4. The summed E-state index contributed by atoms with van der Waals surface area (Å²) in [6, 6.07) is 0. The Labute approximate surface area is 59.7 Å². The van der Waals surface area contributed by atoms with E-state index in [4.69, 9.17) is 4.74 Å². The maximum Gasteiger partial charge on any atom is 0.149 e. The van der Waals surface area contributed by atoms with Crippen LogP contribution in [0.25, 0.3) is 0 Å². The molecule has 2 saturated heterocycles. The zero-order valence-corrected chi connectivity index (χ0v) is 5.80. The SMILES string of the molecule is O=CC1OCC12CCNC2. The second kappa shape index (κ2) is 2.04. The van der Waals surface area contributed by atoms with Crippen LogP contribution in [0.4, 0.5) is 0 Å².